The van der Waals surface area contributed by atoms with Crippen LogP contribution in [0, 0.1) is 0 Å². The molecule has 5 nitrogen and oxygen atoms in total. The zero-order valence-electron chi connectivity index (χ0n) is 37.3. The Bertz CT molecular complexity index is 1060. The van der Waals surface area contributed by atoms with Gasteiger partial charge in [0.1, 0.15) is 11.9 Å². The second kappa shape index (κ2) is 37.1. The largest absolute Gasteiger partial charge is 0.493 e. The van der Waals surface area contributed by atoms with E-state index in [0.717, 1.165) is 68.4 Å². The molecule has 0 atom stereocenters. The molecule has 0 heterocycles. The van der Waals surface area contributed by atoms with Crippen molar-refractivity contribution in [3.8, 4) is 17.2 Å². The molecule has 1 aliphatic rings. The molecule has 2 rings (SSSR count). The van der Waals surface area contributed by atoms with Gasteiger partial charge in [-0.25, -0.2) is 4.79 Å². The van der Waals surface area contributed by atoms with E-state index in [1.54, 1.807) is 6.08 Å². The summed E-state index contributed by atoms with van der Waals surface area (Å²) in [7, 11) is 0. The highest BCUT2D eigenvalue weighted by molar-refractivity contribution is 5.89. The van der Waals surface area contributed by atoms with E-state index in [1.165, 1.54) is 173 Å². The standard InChI is InChI=1S/C51H90O5/c1-4-7-10-13-16-19-22-25-28-34-43-53-48-40-41-49(54-44-35-29-26-23-20-17-14-11-8-5-2)51(55-45-36-30-27-24-21-18-15-12-9-6-3)47(48)39-42-50(52)56-46-37-32-31-33-38-46/h39-42,46H,4-38,43-45H2,1-3H3. The van der Waals surface area contributed by atoms with Crippen molar-refractivity contribution >= 4 is 12.0 Å². The van der Waals surface area contributed by atoms with Crippen LogP contribution in [0.5, 0.6) is 17.2 Å². The van der Waals surface area contributed by atoms with Gasteiger partial charge in [0.25, 0.3) is 0 Å². The van der Waals surface area contributed by atoms with Gasteiger partial charge in [0, 0.05) is 6.08 Å². The minimum Gasteiger partial charge on any atom is -0.493 e. The number of benzene rings is 1. The molecule has 1 aromatic carbocycles. The monoisotopic (exact) mass is 783 g/mol. The third kappa shape index (κ3) is 26.7. The smallest absolute Gasteiger partial charge is 0.331 e. The molecule has 56 heavy (non-hydrogen) atoms. The van der Waals surface area contributed by atoms with E-state index in [4.69, 9.17) is 18.9 Å². The lowest BCUT2D eigenvalue weighted by Gasteiger charge is -2.21. The summed E-state index contributed by atoms with van der Waals surface area (Å²) in [5.74, 6) is 1.93. The maximum absolute atomic E-state index is 13.1. The van der Waals surface area contributed by atoms with Crippen LogP contribution in [-0.4, -0.2) is 31.9 Å². The van der Waals surface area contributed by atoms with Gasteiger partial charge in [-0.3, -0.25) is 0 Å². The summed E-state index contributed by atoms with van der Waals surface area (Å²) in [6, 6.07) is 4.04. The quantitative estimate of drug-likeness (QED) is 0.0378. The molecule has 0 saturated heterocycles. The van der Waals surface area contributed by atoms with Gasteiger partial charge >= 0.3 is 5.97 Å². The van der Waals surface area contributed by atoms with E-state index in [2.05, 4.69) is 20.8 Å². The lowest BCUT2D eigenvalue weighted by Crippen LogP contribution is -2.19. The minimum absolute atomic E-state index is 0.0238. The molecular formula is C51H90O5. The van der Waals surface area contributed by atoms with E-state index in [9.17, 15) is 4.79 Å². The fourth-order valence-electron chi connectivity index (χ4n) is 7.95. The van der Waals surface area contributed by atoms with Gasteiger partial charge in [0.15, 0.2) is 11.5 Å². The number of rotatable bonds is 39. The Morgan fingerprint density at radius 3 is 1.27 bits per heavy atom. The molecular weight excluding hydrogens is 693 g/mol. The maximum atomic E-state index is 13.1. The molecule has 0 aliphatic heterocycles. The summed E-state index contributed by atoms with van der Waals surface area (Å²) in [6.07, 6.45) is 47.6. The first-order valence-corrected chi connectivity index (χ1v) is 24.6. The number of hydrogen-bond donors (Lipinski definition) is 0. The van der Waals surface area contributed by atoms with Crippen molar-refractivity contribution in [1.29, 1.82) is 0 Å². The van der Waals surface area contributed by atoms with E-state index in [0.29, 0.717) is 25.6 Å². The zero-order valence-corrected chi connectivity index (χ0v) is 37.3. The van der Waals surface area contributed by atoms with Crippen LogP contribution in [-0.2, 0) is 9.53 Å². The van der Waals surface area contributed by atoms with E-state index >= 15 is 0 Å². The molecule has 0 unspecified atom stereocenters. The molecule has 0 amide bonds. The second-order valence-corrected chi connectivity index (χ2v) is 16.9. The number of esters is 1. The van der Waals surface area contributed by atoms with Crippen molar-refractivity contribution < 1.29 is 23.7 Å². The Hall–Kier alpha value is -2.17. The predicted molar refractivity (Wildman–Crippen MR) is 240 cm³/mol. The summed E-state index contributed by atoms with van der Waals surface area (Å²) in [6.45, 7) is 8.79. The molecule has 0 bridgehead atoms. The molecule has 0 N–H and O–H groups in total. The van der Waals surface area contributed by atoms with Gasteiger partial charge in [-0.2, -0.15) is 0 Å². The summed E-state index contributed by atoms with van der Waals surface area (Å²) in [5.41, 5.74) is 0.797. The predicted octanol–water partition coefficient (Wildman–Crippen LogP) is 16.5. The van der Waals surface area contributed by atoms with Gasteiger partial charge in [0.05, 0.1) is 25.4 Å². The third-order valence-corrected chi connectivity index (χ3v) is 11.6. The van der Waals surface area contributed by atoms with Crippen LogP contribution < -0.4 is 14.2 Å². The summed E-state index contributed by atoms with van der Waals surface area (Å²) in [5, 5.41) is 0. The molecule has 1 aliphatic carbocycles. The maximum Gasteiger partial charge on any atom is 0.331 e. The molecule has 1 aromatic rings. The highest BCUT2D eigenvalue weighted by Gasteiger charge is 2.19. The molecule has 324 valence electrons. The Labute approximate surface area is 347 Å². The molecule has 1 saturated carbocycles. The average Bonchev–Trinajstić information content (AvgIpc) is 3.21. The Morgan fingerprint density at radius 2 is 0.839 bits per heavy atom. The number of carbonyl (C=O) groups excluding carboxylic acids is 1. The first kappa shape index (κ1) is 50.0. The highest BCUT2D eigenvalue weighted by Crippen LogP contribution is 2.39. The SMILES string of the molecule is CCCCCCCCCCCCOc1ccc(OCCCCCCCCCCCC)c(OCCCCCCCCCCCC)c1C=CC(=O)OC1CCCCC1. The van der Waals surface area contributed by atoms with E-state index in [-0.39, 0.29) is 12.1 Å². The van der Waals surface area contributed by atoms with Crippen LogP contribution in [0.2, 0.25) is 0 Å². The molecule has 0 radical (unpaired) electrons. The lowest BCUT2D eigenvalue weighted by molar-refractivity contribution is -0.144. The van der Waals surface area contributed by atoms with Crippen molar-refractivity contribution in [2.75, 3.05) is 19.8 Å². The number of carbonyl (C=O) groups is 1. The number of unbranched alkanes of at least 4 members (excludes halogenated alkanes) is 27. The van der Waals surface area contributed by atoms with Crippen molar-refractivity contribution in [1.82, 2.24) is 0 Å². The third-order valence-electron chi connectivity index (χ3n) is 11.6. The van der Waals surface area contributed by atoms with Crippen molar-refractivity contribution in [2.45, 2.75) is 252 Å². The van der Waals surface area contributed by atoms with Gasteiger partial charge in [0.2, 0.25) is 0 Å². The lowest BCUT2D eigenvalue weighted by atomic mass is 9.98. The highest BCUT2D eigenvalue weighted by atomic mass is 16.5. The van der Waals surface area contributed by atoms with Crippen LogP contribution in [0.4, 0.5) is 0 Å². The summed E-state index contributed by atoms with van der Waals surface area (Å²) >= 11 is 0. The first-order chi connectivity index (χ1) is 27.7. The minimum atomic E-state index is -0.283. The molecule has 5 heteroatoms. The van der Waals surface area contributed by atoms with Crippen LogP contribution in [0.15, 0.2) is 18.2 Å². The Kier molecular flexibility index (Phi) is 33.1. The van der Waals surface area contributed by atoms with Crippen LogP contribution in [0.3, 0.4) is 0 Å². The van der Waals surface area contributed by atoms with Crippen molar-refractivity contribution in [3.05, 3.63) is 23.8 Å². The molecule has 0 aromatic heterocycles. The number of hydrogen-bond acceptors (Lipinski definition) is 5. The fraction of sp³-hybridized carbons (Fsp3) is 0.824. The van der Waals surface area contributed by atoms with E-state index in [1.807, 2.05) is 18.2 Å². The topological polar surface area (TPSA) is 54.0 Å². The average molecular weight is 783 g/mol. The fourth-order valence-corrected chi connectivity index (χ4v) is 7.95. The van der Waals surface area contributed by atoms with Gasteiger partial charge in [-0.15, -0.1) is 0 Å². The van der Waals surface area contributed by atoms with Crippen molar-refractivity contribution in [3.63, 3.8) is 0 Å². The van der Waals surface area contributed by atoms with Gasteiger partial charge < -0.3 is 18.9 Å². The first-order valence-electron chi connectivity index (χ1n) is 24.6. The second-order valence-electron chi connectivity index (χ2n) is 16.9. The van der Waals surface area contributed by atoms with Crippen LogP contribution in [0.25, 0.3) is 6.08 Å². The van der Waals surface area contributed by atoms with Crippen LogP contribution >= 0.6 is 0 Å². The zero-order chi connectivity index (χ0) is 40.0. The number of ether oxygens (including phenoxy) is 4. The Morgan fingerprint density at radius 1 is 0.482 bits per heavy atom. The normalized spacial score (nSPS) is 13.4. The Balaban J connectivity index is 2.04. The van der Waals surface area contributed by atoms with Gasteiger partial charge in [-0.05, 0) is 63.2 Å². The van der Waals surface area contributed by atoms with E-state index < -0.39 is 0 Å². The van der Waals surface area contributed by atoms with Gasteiger partial charge in [-0.1, -0.05) is 201 Å². The summed E-state index contributed by atoms with van der Waals surface area (Å²) < 4.78 is 25.4. The molecule has 0 spiro atoms. The van der Waals surface area contributed by atoms with Crippen LogP contribution in [0.1, 0.15) is 251 Å². The van der Waals surface area contributed by atoms with Crippen molar-refractivity contribution in [2.24, 2.45) is 0 Å². The summed E-state index contributed by atoms with van der Waals surface area (Å²) in [4.78, 5) is 13.1. The molecule has 1 fully saturated rings.